The molecule has 0 spiro atoms. The first-order valence-electron chi connectivity index (χ1n) is 5.73. The fourth-order valence-electron chi connectivity index (χ4n) is 1.81. The minimum absolute atomic E-state index is 0.0633. The number of aromatic nitrogens is 2. The third-order valence-corrected chi connectivity index (χ3v) is 3.51. The van der Waals surface area contributed by atoms with E-state index in [1.54, 1.807) is 19.1 Å². The Morgan fingerprint density at radius 1 is 1.52 bits per heavy atom. The fraction of sp³-hybridized carbons (Fsp3) is 0.167. The van der Waals surface area contributed by atoms with Crippen LogP contribution in [-0.2, 0) is 17.8 Å². The van der Waals surface area contributed by atoms with Gasteiger partial charge in [0.2, 0.25) is 5.88 Å². The summed E-state index contributed by atoms with van der Waals surface area (Å²) in [5.41, 5.74) is 0.814. The van der Waals surface area contributed by atoms with Crippen LogP contribution in [0.15, 0.2) is 18.2 Å². The molecule has 1 aromatic carbocycles. The van der Waals surface area contributed by atoms with Crippen molar-refractivity contribution in [1.82, 2.24) is 9.78 Å². The quantitative estimate of drug-likeness (QED) is 0.795. The van der Waals surface area contributed by atoms with E-state index < -0.39 is 11.4 Å². The van der Waals surface area contributed by atoms with E-state index in [0.717, 1.165) is 0 Å². The lowest BCUT2D eigenvalue weighted by Crippen LogP contribution is -2.06. The van der Waals surface area contributed by atoms with Crippen molar-refractivity contribution < 1.29 is 12.9 Å². The highest BCUT2D eigenvalue weighted by Crippen LogP contribution is 2.31. The van der Waals surface area contributed by atoms with E-state index in [-0.39, 0.29) is 16.6 Å². The summed E-state index contributed by atoms with van der Waals surface area (Å²) in [6, 6.07) is 6.50. The second kappa shape index (κ2) is 6.45. The fourth-order valence-corrected chi connectivity index (χ4v) is 2.60. The first kappa shape index (κ1) is 15.8. The van der Waals surface area contributed by atoms with Crippen LogP contribution in [0.2, 0.25) is 10.0 Å². The normalized spacial score (nSPS) is 12.0. The van der Waals surface area contributed by atoms with Gasteiger partial charge in [-0.3, -0.25) is 0 Å². The Morgan fingerprint density at radius 3 is 2.76 bits per heavy atom. The Morgan fingerprint density at radius 2 is 2.24 bits per heavy atom. The van der Waals surface area contributed by atoms with Crippen LogP contribution >= 0.6 is 23.2 Å². The van der Waals surface area contributed by atoms with Crippen molar-refractivity contribution in [1.29, 1.82) is 5.26 Å². The molecule has 0 saturated carbocycles. The zero-order valence-corrected chi connectivity index (χ0v) is 13.0. The van der Waals surface area contributed by atoms with Crippen LogP contribution in [0.25, 0.3) is 5.69 Å². The minimum Gasteiger partial charge on any atom is -0.740 e. The lowest BCUT2D eigenvalue weighted by Gasteiger charge is -2.12. The van der Waals surface area contributed by atoms with E-state index in [2.05, 4.69) is 5.10 Å². The molecular formula is C12H8Cl2N3O3S-. The summed E-state index contributed by atoms with van der Waals surface area (Å²) < 4.78 is 27.6. The molecule has 0 radical (unpaired) electrons. The van der Waals surface area contributed by atoms with Gasteiger partial charge in [-0.15, -0.1) is 0 Å². The van der Waals surface area contributed by atoms with Crippen molar-refractivity contribution in [2.75, 3.05) is 0 Å². The standard InChI is InChI=1S/C12H9Cl2N3O3S/c1-2-8-10(6-15)16-17(12(8)20-21(18)19)11-4-3-7(13)5-9(11)14/h3-5H,2H2,1H3,(H,18,19)/p-1. The topological polar surface area (TPSA) is 91.0 Å². The number of benzene rings is 1. The molecule has 0 aliphatic heterocycles. The van der Waals surface area contributed by atoms with Crippen molar-refractivity contribution in [2.24, 2.45) is 0 Å². The molecule has 110 valence electrons. The molecule has 21 heavy (non-hydrogen) atoms. The monoisotopic (exact) mass is 344 g/mol. The van der Waals surface area contributed by atoms with Crippen LogP contribution in [0.4, 0.5) is 0 Å². The molecule has 0 aliphatic carbocycles. The molecule has 0 N–H and O–H groups in total. The second-order valence-electron chi connectivity index (χ2n) is 3.89. The molecular weight excluding hydrogens is 337 g/mol. The van der Waals surface area contributed by atoms with Gasteiger partial charge in [-0.25, -0.2) is 4.21 Å². The maximum Gasteiger partial charge on any atom is 0.237 e. The number of hydrogen-bond acceptors (Lipinski definition) is 5. The molecule has 1 aromatic heterocycles. The van der Waals surface area contributed by atoms with E-state index >= 15 is 0 Å². The van der Waals surface area contributed by atoms with Crippen molar-refractivity contribution in [3.63, 3.8) is 0 Å². The number of halogens is 2. The highest BCUT2D eigenvalue weighted by atomic mass is 35.5. The summed E-state index contributed by atoms with van der Waals surface area (Å²) in [4.78, 5) is 0. The Kier molecular flexibility index (Phi) is 4.85. The van der Waals surface area contributed by atoms with Crippen molar-refractivity contribution in [3.8, 4) is 17.6 Å². The van der Waals surface area contributed by atoms with Crippen molar-refractivity contribution >= 4 is 34.6 Å². The van der Waals surface area contributed by atoms with Crippen molar-refractivity contribution in [3.05, 3.63) is 39.5 Å². The molecule has 0 amide bonds. The highest BCUT2D eigenvalue weighted by Gasteiger charge is 2.21. The Bertz CT molecular complexity index is 755. The van der Waals surface area contributed by atoms with Crippen LogP contribution in [0.1, 0.15) is 18.2 Å². The minimum atomic E-state index is -2.80. The Labute approximate surface area is 133 Å². The van der Waals surface area contributed by atoms with Crippen LogP contribution in [-0.4, -0.2) is 18.5 Å². The highest BCUT2D eigenvalue weighted by molar-refractivity contribution is 7.74. The first-order chi connectivity index (χ1) is 9.97. The molecule has 2 rings (SSSR count). The largest absolute Gasteiger partial charge is 0.740 e. The van der Waals surface area contributed by atoms with E-state index in [0.29, 0.717) is 22.7 Å². The smallest absolute Gasteiger partial charge is 0.237 e. The van der Waals surface area contributed by atoms with Crippen LogP contribution in [0.5, 0.6) is 5.88 Å². The summed E-state index contributed by atoms with van der Waals surface area (Å²) in [7, 11) is 0. The maximum atomic E-state index is 10.9. The summed E-state index contributed by atoms with van der Waals surface area (Å²) in [6.07, 6.45) is 0.376. The number of hydrogen-bond donors (Lipinski definition) is 0. The molecule has 1 atom stereocenters. The Hall–Kier alpha value is -1.59. The number of nitrogens with zero attached hydrogens (tertiary/aromatic N) is 3. The third kappa shape index (κ3) is 3.19. The summed E-state index contributed by atoms with van der Waals surface area (Å²) in [5, 5.41) is 13.8. The SMILES string of the molecule is CCc1c(C#N)nn(-c2ccc(Cl)cc2Cl)c1OS(=O)[O-]. The zero-order chi connectivity index (χ0) is 15.6. The molecule has 0 bridgehead atoms. The number of nitriles is 1. The lowest BCUT2D eigenvalue weighted by atomic mass is 10.2. The van der Waals surface area contributed by atoms with Crippen LogP contribution in [0, 0.1) is 11.3 Å². The van der Waals surface area contributed by atoms with Crippen LogP contribution in [0.3, 0.4) is 0 Å². The van der Waals surface area contributed by atoms with Gasteiger partial charge in [-0.1, -0.05) is 30.1 Å². The molecule has 1 heterocycles. The average molecular weight is 345 g/mol. The summed E-state index contributed by atoms with van der Waals surface area (Å²) in [6.45, 7) is 1.76. The summed E-state index contributed by atoms with van der Waals surface area (Å²) in [5.74, 6) is -0.0633. The van der Waals surface area contributed by atoms with Crippen molar-refractivity contribution in [2.45, 2.75) is 13.3 Å². The predicted octanol–water partition coefficient (Wildman–Crippen LogP) is 2.79. The molecule has 0 saturated heterocycles. The lowest BCUT2D eigenvalue weighted by molar-refractivity contribution is 0.423. The van der Waals surface area contributed by atoms with E-state index in [9.17, 15) is 8.76 Å². The first-order valence-corrected chi connectivity index (χ1v) is 7.48. The van der Waals surface area contributed by atoms with Gasteiger partial charge in [-0.05, 0) is 24.6 Å². The molecule has 6 nitrogen and oxygen atoms in total. The molecule has 1 unspecified atom stereocenters. The third-order valence-electron chi connectivity index (χ3n) is 2.68. The molecule has 0 fully saturated rings. The predicted molar refractivity (Wildman–Crippen MR) is 77.2 cm³/mol. The summed E-state index contributed by atoms with van der Waals surface area (Å²) >= 11 is 9.10. The Balaban J connectivity index is 2.70. The van der Waals surface area contributed by atoms with E-state index in [4.69, 9.17) is 32.6 Å². The molecule has 0 aliphatic rings. The maximum absolute atomic E-state index is 10.9. The van der Waals surface area contributed by atoms with Gasteiger partial charge in [0.15, 0.2) is 5.69 Å². The molecule has 2 aromatic rings. The zero-order valence-electron chi connectivity index (χ0n) is 10.7. The van der Waals surface area contributed by atoms with Gasteiger partial charge in [-0.2, -0.15) is 15.0 Å². The van der Waals surface area contributed by atoms with E-state index in [1.807, 2.05) is 6.07 Å². The van der Waals surface area contributed by atoms with Gasteiger partial charge < -0.3 is 8.74 Å². The molecule has 9 heteroatoms. The second-order valence-corrected chi connectivity index (χ2v) is 5.31. The number of rotatable bonds is 4. The van der Waals surface area contributed by atoms with Crippen LogP contribution < -0.4 is 4.18 Å². The van der Waals surface area contributed by atoms with E-state index in [1.165, 1.54) is 10.7 Å². The van der Waals surface area contributed by atoms with Gasteiger partial charge in [0, 0.05) is 5.02 Å². The van der Waals surface area contributed by atoms with Gasteiger partial charge in [0.1, 0.15) is 17.4 Å². The van der Waals surface area contributed by atoms with Gasteiger partial charge in [0.25, 0.3) is 0 Å². The van der Waals surface area contributed by atoms with Gasteiger partial charge >= 0.3 is 0 Å². The average Bonchev–Trinajstić information content (AvgIpc) is 2.75. The van der Waals surface area contributed by atoms with Gasteiger partial charge in [0.05, 0.1) is 16.3 Å².